The van der Waals surface area contributed by atoms with E-state index in [0.29, 0.717) is 13.2 Å². The second-order valence-electron chi connectivity index (χ2n) is 3.88. The van der Waals surface area contributed by atoms with E-state index in [9.17, 15) is 5.11 Å². The number of rotatable bonds is 8. The van der Waals surface area contributed by atoms with E-state index < -0.39 is 6.10 Å². The van der Waals surface area contributed by atoms with Gasteiger partial charge in [0.2, 0.25) is 0 Å². The number of benzene rings is 1. The van der Waals surface area contributed by atoms with E-state index in [1.54, 1.807) is 14.2 Å². The molecule has 0 radical (unpaired) electrons. The number of aliphatic hydroxyl groups excluding tert-OH is 1. The highest BCUT2D eigenvalue weighted by Crippen LogP contribution is 2.17. The van der Waals surface area contributed by atoms with Gasteiger partial charge in [0, 0.05) is 13.7 Å². The van der Waals surface area contributed by atoms with Gasteiger partial charge in [-0.25, -0.2) is 0 Å². The topological polar surface area (TPSA) is 50.7 Å². The van der Waals surface area contributed by atoms with Crippen molar-refractivity contribution in [2.45, 2.75) is 26.4 Å². The highest BCUT2D eigenvalue weighted by atomic mass is 16.5. The van der Waals surface area contributed by atoms with Crippen LogP contribution < -0.4 is 10.1 Å². The SMILES string of the molecule is CC.COCC(O)CNCCc1ccccc1OC. The molecule has 2 N–H and O–H groups in total. The van der Waals surface area contributed by atoms with Crippen molar-refractivity contribution in [1.82, 2.24) is 5.32 Å². The van der Waals surface area contributed by atoms with Crippen LogP contribution in [-0.2, 0) is 11.2 Å². The zero-order chi connectivity index (χ0) is 14.5. The third-order valence-corrected chi connectivity index (χ3v) is 2.50. The lowest BCUT2D eigenvalue weighted by Crippen LogP contribution is -2.31. The molecule has 1 rings (SSSR count). The fourth-order valence-corrected chi connectivity index (χ4v) is 1.65. The summed E-state index contributed by atoms with van der Waals surface area (Å²) in [6.45, 7) is 5.71. The highest BCUT2D eigenvalue weighted by molar-refractivity contribution is 5.33. The number of methoxy groups -OCH3 is 2. The van der Waals surface area contributed by atoms with E-state index in [2.05, 4.69) is 5.32 Å². The van der Waals surface area contributed by atoms with E-state index in [-0.39, 0.29) is 0 Å². The molecule has 110 valence electrons. The van der Waals surface area contributed by atoms with Gasteiger partial charge >= 0.3 is 0 Å². The minimum atomic E-state index is -0.447. The summed E-state index contributed by atoms with van der Waals surface area (Å²) in [5.74, 6) is 0.909. The van der Waals surface area contributed by atoms with E-state index in [1.165, 1.54) is 5.56 Å². The zero-order valence-electron chi connectivity index (χ0n) is 12.5. The second kappa shape index (κ2) is 12.0. The Morgan fingerprint density at radius 2 is 1.89 bits per heavy atom. The first-order chi connectivity index (χ1) is 9.27. The zero-order valence-corrected chi connectivity index (χ0v) is 12.5. The standard InChI is InChI=1S/C13H21NO3.C2H6/c1-16-10-12(15)9-14-8-7-11-5-3-4-6-13(11)17-2;1-2/h3-6,12,14-15H,7-10H2,1-2H3;1-2H3. The molecule has 1 unspecified atom stereocenters. The maximum atomic E-state index is 9.43. The van der Waals surface area contributed by atoms with Crippen LogP contribution in [0.2, 0.25) is 0 Å². The van der Waals surface area contributed by atoms with Crippen molar-refractivity contribution >= 4 is 0 Å². The van der Waals surface area contributed by atoms with Crippen molar-refractivity contribution < 1.29 is 14.6 Å². The van der Waals surface area contributed by atoms with E-state index >= 15 is 0 Å². The van der Waals surface area contributed by atoms with Gasteiger partial charge in [0.1, 0.15) is 5.75 Å². The lowest BCUT2D eigenvalue weighted by molar-refractivity contribution is 0.0648. The molecule has 1 aromatic carbocycles. The van der Waals surface area contributed by atoms with Crippen molar-refractivity contribution in [3.8, 4) is 5.75 Å². The van der Waals surface area contributed by atoms with Crippen LogP contribution in [0.3, 0.4) is 0 Å². The molecule has 0 saturated heterocycles. The fourth-order valence-electron chi connectivity index (χ4n) is 1.65. The summed E-state index contributed by atoms with van der Waals surface area (Å²) >= 11 is 0. The first-order valence-corrected chi connectivity index (χ1v) is 6.77. The minimum Gasteiger partial charge on any atom is -0.496 e. The molecule has 0 bridgehead atoms. The van der Waals surface area contributed by atoms with Crippen LogP contribution in [0.4, 0.5) is 0 Å². The van der Waals surface area contributed by atoms with E-state index in [4.69, 9.17) is 9.47 Å². The van der Waals surface area contributed by atoms with Crippen LogP contribution in [0.1, 0.15) is 19.4 Å². The predicted molar refractivity (Wildman–Crippen MR) is 78.8 cm³/mol. The van der Waals surface area contributed by atoms with Gasteiger partial charge in [0.05, 0.1) is 19.8 Å². The molecule has 4 nitrogen and oxygen atoms in total. The van der Waals surface area contributed by atoms with Crippen LogP contribution in [0, 0.1) is 0 Å². The number of ether oxygens (including phenoxy) is 2. The Morgan fingerprint density at radius 3 is 2.53 bits per heavy atom. The average Bonchev–Trinajstić information content (AvgIpc) is 2.46. The number of aliphatic hydroxyl groups is 1. The molecule has 0 aromatic heterocycles. The quantitative estimate of drug-likeness (QED) is 0.707. The predicted octanol–water partition coefficient (Wildman–Crippen LogP) is 1.86. The third-order valence-electron chi connectivity index (χ3n) is 2.50. The lowest BCUT2D eigenvalue weighted by Gasteiger charge is -2.11. The molecular weight excluding hydrogens is 242 g/mol. The van der Waals surface area contributed by atoms with Gasteiger partial charge in [0.15, 0.2) is 0 Å². The largest absolute Gasteiger partial charge is 0.496 e. The summed E-state index contributed by atoms with van der Waals surface area (Å²) in [6.07, 6.45) is 0.432. The van der Waals surface area contributed by atoms with Crippen molar-refractivity contribution in [3.63, 3.8) is 0 Å². The Bertz CT molecular complexity index is 318. The summed E-state index contributed by atoms with van der Waals surface area (Å²) < 4.78 is 10.1. The van der Waals surface area contributed by atoms with Gasteiger partial charge in [-0.3, -0.25) is 0 Å². The molecule has 0 aliphatic carbocycles. The Morgan fingerprint density at radius 1 is 1.21 bits per heavy atom. The molecule has 1 atom stereocenters. The van der Waals surface area contributed by atoms with Crippen LogP contribution in [0.15, 0.2) is 24.3 Å². The normalized spacial score (nSPS) is 11.4. The molecule has 0 aliphatic heterocycles. The molecule has 1 aromatic rings. The van der Waals surface area contributed by atoms with Gasteiger partial charge in [-0.1, -0.05) is 32.0 Å². The molecule has 4 heteroatoms. The number of hydrogen-bond donors (Lipinski definition) is 2. The molecule has 0 heterocycles. The minimum absolute atomic E-state index is 0.363. The van der Waals surface area contributed by atoms with Crippen molar-refractivity contribution in [1.29, 1.82) is 0 Å². The molecule has 0 fully saturated rings. The molecular formula is C15H27NO3. The number of para-hydroxylation sites is 1. The van der Waals surface area contributed by atoms with Gasteiger partial charge < -0.3 is 19.9 Å². The van der Waals surface area contributed by atoms with Gasteiger partial charge in [-0.2, -0.15) is 0 Å². The fraction of sp³-hybridized carbons (Fsp3) is 0.600. The maximum Gasteiger partial charge on any atom is 0.122 e. The highest BCUT2D eigenvalue weighted by Gasteiger charge is 2.03. The maximum absolute atomic E-state index is 9.43. The van der Waals surface area contributed by atoms with Crippen LogP contribution >= 0.6 is 0 Å². The Kier molecular flexibility index (Phi) is 11.3. The number of hydrogen-bond acceptors (Lipinski definition) is 4. The van der Waals surface area contributed by atoms with Gasteiger partial charge in [-0.15, -0.1) is 0 Å². The summed E-state index contributed by atoms with van der Waals surface area (Å²) in [5, 5.41) is 12.6. The van der Waals surface area contributed by atoms with E-state index in [0.717, 1.165) is 18.7 Å². The van der Waals surface area contributed by atoms with Crippen LogP contribution in [0.25, 0.3) is 0 Å². The molecule has 0 amide bonds. The first kappa shape index (κ1) is 17.9. The van der Waals surface area contributed by atoms with Gasteiger partial charge in [0.25, 0.3) is 0 Å². The van der Waals surface area contributed by atoms with Crippen molar-refractivity contribution in [3.05, 3.63) is 29.8 Å². The molecule has 0 aliphatic rings. The summed E-state index contributed by atoms with van der Waals surface area (Å²) in [5.41, 5.74) is 1.17. The molecule has 19 heavy (non-hydrogen) atoms. The molecule has 0 saturated carbocycles. The van der Waals surface area contributed by atoms with Crippen molar-refractivity contribution in [2.24, 2.45) is 0 Å². The Balaban J connectivity index is 0.00000154. The Labute approximate surface area is 116 Å². The molecule has 0 spiro atoms. The average molecular weight is 269 g/mol. The van der Waals surface area contributed by atoms with Crippen LogP contribution in [0.5, 0.6) is 5.75 Å². The number of nitrogens with one attached hydrogen (secondary N) is 1. The third kappa shape index (κ3) is 7.82. The lowest BCUT2D eigenvalue weighted by atomic mass is 10.1. The van der Waals surface area contributed by atoms with E-state index in [1.807, 2.05) is 38.1 Å². The smallest absolute Gasteiger partial charge is 0.122 e. The van der Waals surface area contributed by atoms with Crippen LogP contribution in [-0.4, -0.2) is 45.1 Å². The summed E-state index contributed by atoms with van der Waals surface area (Å²) in [6, 6.07) is 7.96. The first-order valence-electron chi connectivity index (χ1n) is 6.77. The summed E-state index contributed by atoms with van der Waals surface area (Å²) in [4.78, 5) is 0. The Hall–Kier alpha value is -1.10. The monoisotopic (exact) mass is 269 g/mol. The van der Waals surface area contributed by atoms with Gasteiger partial charge in [-0.05, 0) is 24.6 Å². The second-order valence-corrected chi connectivity index (χ2v) is 3.88. The van der Waals surface area contributed by atoms with Crippen molar-refractivity contribution in [2.75, 3.05) is 33.9 Å². The summed E-state index contributed by atoms with van der Waals surface area (Å²) in [7, 11) is 3.26.